The van der Waals surface area contributed by atoms with Gasteiger partial charge in [0, 0.05) is 10.7 Å². The van der Waals surface area contributed by atoms with Gasteiger partial charge in [0.05, 0.1) is 30.2 Å². The van der Waals surface area contributed by atoms with Crippen LogP contribution in [0.4, 0.5) is 14.9 Å². The van der Waals surface area contributed by atoms with Gasteiger partial charge in [0.2, 0.25) is 0 Å². The molecule has 0 saturated carbocycles. The highest BCUT2D eigenvalue weighted by molar-refractivity contribution is 6.30. The van der Waals surface area contributed by atoms with E-state index >= 15 is 0 Å². The molecular weight excluding hydrogens is 401 g/mol. The number of amides is 2. The van der Waals surface area contributed by atoms with Crippen molar-refractivity contribution >= 4 is 23.3 Å². The number of nitrogens with one attached hydrogen (secondary N) is 2. The second-order valence-electron chi connectivity index (χ2n) is 5.81. The molecule has 2 aromatic heterocycles. The van der Waals surface area contributed by atoms with E-state index in [2.05, 4.69) is 31.0 Å². The molecule has 0 aliphatic rings. The van der Waals surface area contributed by atoms with Crippen molar-refractivity contribution < 1.29 is 13.7 Å². The number of urea groups is 1. The maximum atomic E-state index is 13.9. The van der Waals surface area contributed by atoms with Gasteiger partial charge >= 0.3 is 6.03 Å². The predicted molar refractivity (Wildman–Crippen MR) is 102 cm³/mol. The molecule has 4 rings (SSSR count). The first kappa shape index (κ1) is 18.6. The Balaban J connectivity index is 1.33. The van der Waals surface area contributed by atoms with Crippen LogP contribution in [0.2, 0.25) is 5.02 Å². The van der Waals surface area contributed by atoms with Crippen LogP contribution in [-0.2, 0) is 6.54 Å². The zero-order valence-electron chi connectivity index (χ0n) is 14.7. The summed E-state index contributed by atoms with van der Waals surface area (Å²) in [5.74, 6) is -0.379. The zero-order chi connectivity index (χ0) is 20.2. The van der Waals surface area contributed by atoms with E-state index in [0.29, 0.717) is 5.69 Å². The molecule has 11 heteroatoms. The van der Waals surface area contributed by atoms with Crippen LogP contribution in [0, 0.1) is 5.82 Å². The minimum absolute atomic E-state index is 0.000166. The van der Waals surface area contributed by atoms with Crippen molar-refractivity contribution in [1.29, 1.82) is 0 Å². The quantitative estimate of drug-likeness (QED) is 0.518. The van der Waals surface area contributed by atoms with E-state index in [0.717, 1.165) is 11.8 Å². The van der Waals surface area contributed by atoms with Gasteiger partial charge in [0.25, 0.3) is 5.89 Å². The molecule has 4 aromatic rings. The van der Waals surface area contributed by atoms with Crippen molar-refractivity contribution in [3.05, 3.63) is 71.5 Å². The predicted octanol–water partition coefficient (Wildman–Crippen LogP) is 3.43. The number of aromatic nitrogens is 5. The van der Waals surface area contributed by atoms with Gasteiger partial charge in [-0.2, -0.15) is 20.0 Å². The summed E-state index contributed by atoms with van der Waals surface area (Å²) in [7, 11) is 0. The summed E-state index contributed by atoms with van der Waals surface area (Å²) in [6.07, 6.45) is 3.15. The van der Waals surface area contributed by atoms with Gasteiger partial charge in [-0.05, 0) is 42.5 Å². The summed E-state index contributed by atoms with van der Waals surface area (Å²) in [5.41, 5.74) is 1.47. The molecule has 0 aliphatic heterocycles. The van der Waals surface area contributed by atoms with E-state index < -0.39 is 11.8 Å². The first-order valence-electron chi connectivity index (χ1n) is 8.38. The van der Waals surface area contributed by atoms with Gasteiger partial charge < -0.3 is 15.2 Å². The largest absolute Gasteiger partial charge is 0.334 e. The second kappa shape index (κ2) is 8.07. The van der Waals surface area contributed by atoms with Crippen LogP contribution in [-0.4, -0.2) is 31.2 Å². The lowest BCUT2D eigenvalue weighted by Crippen LogP contribution is -2.28. The third-order valence-electron chi connectivity index (χ3n) is 3.81. The number of rotatable bonds is 5. The molecule has 0 atom stereocenters. The van der Waals surface area contributed by atoms with Gasteiger partial charge in [0.15, 0.2) is 5.82 Å². The van der Waals surface area contributed by atoms with Crippen LogP contribution in [0.5, 0.6) is 0 Å². The maximum absolute atomic E-state index is 13.9. The Morgan fingerprint density at radius 2 is 1.90 bits per heavy atom. The molecule has 2 aromatic carbocycles. The maximum Gasteiger partial charge on any atom is 0.319 e. The molecule has 2 heterocycles. The number of carbonyl (C=O) groups is 1. The Morgan fingerprint density at radius 3 is 2.62 bits per heavy atom. The van der Waals surface area contributed by atoms with Crippen molar-refractivity contribution in [3.8, 4) is 17.1 Å². The molecule has 0 aliphatic carbocycles. The fourth-order valence-corrected chi connectivity index (χ4v) is 2.62. The number of nitrogens with zero attached hydrogens (tertiary/aromatic N) is 5. The third-order valence-corrected chi connectivity index (χ3v) is 4.05. The van der Waals surface area contributed by atoms with Crippen LogP contribution in [0.15, 0.2) is 59.4 Å². The summed E-state index contributed by atoms with van der Waals surface area (Å²) < 4.78 is 19.0. The molecule has 0 unspecified atom stereocenters. The number of benzene rings is 2. The SMILES string of the molecule is O=C(NCc1noc(-c2ccc(Cl)cc2F)n1)Nc1ccc(-n2nccn2)cc1. The second-order valence-corrected chi connectivity index (χ2v) is 6.25. The molecule has 29 heavy (non-hydrogen) atoms. The lowest BCUT2D eigenvalue weighted by atomic mass is 10.2. The van der Waals surface area contributed by atoms with Crippen LogP contribution < -0.4 is 10.6 Å². The van der Waals surface area contributed by atoms with Gasteiger partial charge in [0.1, 0.15) is 5.82 Å². The van der Waals surface area contributed by atoms with Crippen LogP contribution in [0.25, 0.3) is 17.1 Å². The van der Waals surface area contributed by atoms with E-state index in [4.69, 9.17) is 16.1 Å². The van der Waals surface area contributed by atoms with E-state index in [9.17, 15) is 9.18 Å². The lowest BCUT2D eigenvalue weighted by Gasteiger charge is -2.06. The Kier molecular flexibility index (Phi) is 5.16. The lowest BCUT2D eigenvalue weighted by molar-refractivity contribution is 0.251. The molecule has 2 N–H and O–H groups in total. The first-order chi connectivity index (χ1) is 14.1. The van der Waals surface area contributed by atoms with Gasteiger partial charge in [-0.15, -0.1) is 0 Å². The summed E-state index contributed by atoms with van der Waals surface area (Å²) >= 11 is 5.73. The highest BCUT2D eigenvalue weighted by Gasteiger charge is 2.14. The molecule has 146 valence electrons. The number of anilines is 1. The minimum Gasteiger partial charge on any atom is -0.334 e. The highest BCUT2D eigenvalue weighted by atomic mass is 35.5. The first-order valence-corrected chi connectivity index (χ1v) is 8.76. The fourth-order valence-electron chi connectivity index (χ4n) is 2.46. The molecule has 9 nitrogen and oxygen atoms in total. The molecule has 0 spiro atoms. The number of hydrogen-bond acceptors (Lipinski definition) is 6. The number of halogens is 2. The van der Waals surface area contributed by atoms with Gasteiger partial charge in [-0.25, -0.2) is 9.18 Å². The smallest absolute Gasteiger partial charge is 0.319 e. The van der Waals surface area contributed by atoms with Crippen LogP contribution >= 0.6 is 11.6 Å². The third kappa shape index (κ3) is 4.38. The van der Waals surface area contributed by atoms with Gasteiger partial charge in [-0.3, -0.25) is 0 Å². The summed E-state index contributed by atoms with van der Waals surface area (Å²) in [4.78, 5) is 17.6. The molecule has 2 amide bonds. The Bertz CT molecular complexity index is 1130. The Hall–Kier alpha value is -3.79. The molecule has 0 radical (unpaired) electrons. The topological polar surface area (TPSA) is 111 Å². The molecular formula is C18H13ClFN7O2. The van der Waals surface area contributed by atoms with E-state index in [1.54, 1.807) is 36.7 Å². The molecule has 0 bridgehead atoms. The molecule has 0 saturated heterocycles. The Morgan fingerprint density at radius 1 is 1.14 bits per heavy atom. The van der Waals surface area contributed by atoms with Crippen molar-refractivity contribution in [2.75, 3.05) is 5.32 Å². The Labute approximate surface area is 168 Å². The fraction of sp³-hybridized carbons (Fsp3) is 0.0556. The number of carbonyl (C=O) groups excluding carboxylic acids is 1. The summed E-state index contributed by atoms with van der Waals surface area (Å²) in [5, 5.41) is 17.3. The number of hydrogen-bond donors (Lipinski definition) is 2. The van der Waals surface area contributed by atoms with Crippen LogP contribution in [0.1, 0.15) is 5.82 Å². The van der Waals surface area contributed by atoms with Crippen molar-refractivity contribution in [3.63, 3.8) is 0 Å². The highest BCUT2D eigenvalue weighted by Crippen LogP contribution is 2.23. The van der Waals surface area contributed by atoms with E-state index in [1.807, 2.05) is 0 Å². The summed E-state index contributed by atoms with van der Waals surface area (Å²) in [6.45, 7) is -0.000166. The minimum atomic E-state index is -0.577. The van der Waals surface area contributed by atoms with Crippen molar-refractivity contribution in [1.82, 2.24) is 30.5 Å². The van der Waals surface area contributed by atoms with Crippen molar-refractivity contribution in [2.24, 2.45) is 0 Å². The standard InChI is InChI=1S/C18H13ClFN7O2/c19-11-1-6-14(15(20)9-11)17-25-16(26-29-17)10-21-18(28)24-12-2-4-13(5-3-12)27-22-7-8-23-27/h1-9H,10H2,(H2,21,24,28). The van der Waals surface area contributed by atoms with Crippen molar-refractivity contribution in [2.45, 2.75) is 6.54 Å². The zero-order valence-corrected chi connectivity index (χ0v) is 15.5. The monoisotopic (exact) mass is 413 g/mol. The average Bonchev–Trinajstić information content (AvgIpc) is 3.39. The summed E-state index contributed by atoms with van der Waals surface area (Å²) in [6, 6.07) is 10.6. The van der Waals surface area contributed by atoms with Gasteiger partial charge in [-0.1, -0.05) is 16.8 Å². The van der Waals surface area contributed by atoms with Crippen LogP contribution in [0.3, 0.4) is 0 Å². The normalized spacial score (nSPS) is 10.7. The molecule has 0 fully saturated rings. The van der Waals surface area contributed by atoms with E-state index in [1.165, 1.54) is 16.9 Å². The van der Waals surface area contributed by atoms with E-state index in [-0.39, 0.29) is 28.8 Å². The average molecular weight is 414 g/mol.